The van der Waals surface area contributed by atoms with Crippen molar-refractivity contribution in [1.29, 1.82) is 0 Å². The van der Waals surface area contributed by atoms with Crippen LogP contribution in [-0.2, 0) is 96.8 Å². The molecule has 0 saturated carbocycles. The van der Waals surface area contributed by atoms with Gasteiger partial charge in [0.05, 0.1) is 65.2 Å². The number of aromatic nitrogens is 36. The molecule has 0 aliphatic rings. The van der Waals surface area contributed by atoms with Crippen molar-refractivity contribution in [3.63, 3.8) is 0 Å². The number of aryl methyl sites for hydroxylation is 4. The lowest BCUT2D eigenvalue weighted by Gasteiger charge is -2.21. The number of nitrogens with zero attached hydrogens (tertiary/aromatic N) is 36. The van der Waals surface area contributed by atoms with E-state index in [1.807, 2.05) is 107 Å². The number of rotatable bonds is 28. The van der Waals surface area contributed by atoms with Gasteiger partial charge in [-0.2, -0.15) is 39.6 Å². The lowest BCUT2D eigenvalue weighted by molar-refractivity contribution is 0.209. The molecule has 22 rings (SSSR count). The number of fused-ring (bicyclic) bond motifs is 9. The van der Waals surface area contributed by atoms with Crippen molar-refractivity contribution >= 4 is 49.4 Å². The standard InChI is InChI=1S/2C19H14N6O3.C17H20N8O4.2C17H20N8O3/c26-10-13-9-16(24-28-13)18-22-21-17-14-6-1-2-7-15(14)19(23-25(17)18)27-11-12-5-3-4-8-20-12;26-10-13-9-16(24-28-13)18-22-21-17-14-3-1-2-4-15(14)19(23-25(17)18)27-11-12-5-7-20-8-6-12;1-17(2,8-27)14-12-5-19-21-15(11-4-10(6-26)29-23-11)25(12)22-16(14)28-7-13-18-9-20-24(13)3;1-17(2,3)14-12-6-19-21-15(11-5-10(7-26)28-23-11)25(12)22-16(14)27-8-13-18-9-20-24(13)4;1-10-5-11(23-28-10)15-21-19-6-12-14(17(2,3)8-26)16(22-25(12)15)27-7-13-18-9-20-24(13)4/h2*1-9,26H,10-11H2;4-5,9,26-27H,6-8H2,1-3H3;2*5-6,9,26H,7-8H2,1-4H3. The molecule has 0 spiro atoms. The van der Waals surface area contributed by atoms with Crippen LogP contribution in [0, 0.1) is 6.92 Å². The number of pyridine rings is 2. The van der Waals surface area contributed by atoms with Crippen LogP contribution in [-0.4, -0.2) is 223 Å². The molecular weight excluding hydrogens is 1830 g/mol. The van der Waals surface area contributed by atoms with Crippen LogP contribution in [0.5, 0.6) is 29.4 Å². The molecule has 141 heavy (non-hydrogen) atoms. The average molecular weight is 1920 g/mol. The topological polar surface area (TPSA) is 631 Å². The van der Waals surface area contributed by atoms with Crippen molar-refractivity contribution in [3.8, 4) is 87.0 Å². The highest BCUT2D eigenvalue weighted by Gasteiger charge is 2.36. The Labute approximate surface area is 793 Å². The van der Waals surface area contributed by atoms with E-state index >= 15 is 0 Å². The summed E-state index contributed by atoms with van der Waals surface area (Å²) >= 11 is 0. The fourth-order valence-electron chi connectivity index (χ4n) is 14.6. The van der Waals surface area contributed by atoms with Crippen molar-refractivity contribution in [2.75, 3.05) is 13.2 Å². The number of ether oxygens (including phenoxy) is 5. The highest BCUT2D eigenvalue weighted by Crippen LogP contribution is 2.41. The predicted octanol–water partition coefficient (Wildman–Crippen LogP) is 7.39. The van der Waals surface area contributed by atoms with E-state index in [2.05, 4.69) is 163 Å². The number of aliphatic hydroxyl groups is 6. The van der Waals surface area contributed by atoms with Crippen molar-refractivity contribution in [2.24, 2.45) is 21.1 Å². The molecule has 0 fully saturated rings. The van der Waals surface area contributed by atoms with Crippen LogP contribution in [0.2, 0.25) is 0 Å². The zero-order valence-corrected chi connectivity index (χ0v) is 77.2. The Morgan fingerprint density at radius 3 is 1.04 bits per heavy atom. The zero-order valence-electron chi connectivity index (χ0n) is 77.2. The first kappa shape index (κ1) is 93.6. The van der Waals surface area contributed by atoms with Gasteiger partial charge in [-0.15, -0.1) is 61.2 Å². The van der Waals surface area contributed by atoms with Gasteiger partial charge in [0.15, 0.2) is 80.3 Å². The minimum Gasteiger partial charge on any atom is -0.471 e. The molecule has 2 aromatic carbocycles. The Kier molecular flexibility index (Phi) is 26.7. The number of hydrogen-bond donors (Lipinski definition) is 6. The molecule has 720 valence electrons. The van der Waals surface area contributed by atoms with Gasteiger partial charge in [-0.25, -0.2) is 28.5 Å². The van der Waals surface area contributed by atoms with Crippen LogP contribution in [0.1, 0.15) is 123 Å². The fraction of sp³-hybridized carbons (Fsp3) is 0.281. The van der Waals surface area contributed by atoms with Gasteiger partial charge in [0.25, 0.3) is 0 Å². The van der Waals surface area contributed by atoms with Crippen molar-refractivity contribution in [3.05, 3.63) is 240 Å². The molecule has 0 saturated heterocycles. The van der Waals surface area contributed by atoms with E-state index in [0.29, 0.717) is 173 Å². The first-order valence-corrected chi connectivity index (χ1v) is 43.3. The number of benzene rings is 2. The molecule has 20 heterocycles. The van der Waals surface area contributed by atoms with E-state index in [1.165, 1.54) is 23.5 Å². The fourth-order valence-corrected chi connectivity index (χ4v) is 14.6. The van der Waals surface area contributed by atoms with E-state index in [0.717, 1.165) is 43.9 Å². The summed E-state index contributed by atoms with van der Waals surface area (Å²) in [6.07, 6.45) is 14.3. The molecule has 0 aliphatic carbocycles. The van der Waals surface area contributed by atoms with Gasteiger partial charge in [0, 0.05) is 108 Å². The van der Waals surface area contributed by atoms with Crippen molar-refractivity contribution in [2.45, 2.75) is 131 Å². The SMILES string of the molecule is Cc1cc(-c2nncc3c(C(C)(C)CO)c(OCc4ncnn4C)nn23)no1.Cn1ncnc1COc1nn2c(-c3cc(CO)on3)nncc2c1C(C)(C)C.Cn1ncnc1COc1nn2c(-c3cc(CO)on3)nncc2c1C(C)(C)CO.OCc1cc(-c2nnc3c4ccccc4c(OCc4ccccn4)nn23)no1.OCc1cc(-c2nnc3c4ccccc4c(OCc4ccncc4)nn23)no1. The number of aliphatic hydroxyl groups excluding tert-OH is 6. The molecule has 52 heteroatoms. The summed E-state index contributed by atoms with van der Waals surface area (Å²) in [5, 5.41) is 156. The molecule has 6 N–H and O–H groups in total. The largest absolute Gasteiger partial charge is 0.471 e. The molecule has 0 bridgehead atoms. The normalized spacial score (nSPS) is 11.8. The second kappa shape index (κ2) is 40.3. The van der Waals surface area contributed by atoms with Crippen LogP contribution in [0.4, 0.5) is 0 Å². The van der Waals surface area contributed by atoms with E-state index in [-0.39, 0.29) is 71.5 Å². The van der Waals surface area contributed by atoms with Gasteiger partial charge in [0.1, 0.15) is 84.2 Å². The molecule has 0 aliphatic heterocycles. The summed E-state index contributed by atoms with van der Waals surface area (Å²) in [5.74, 6) is 7.81. The Bertz CT molecular complexity index is 7900. The Morgan fingerprint density at radius 1 is 0.340 bits per heavy atom. The zero-order chi connectivity index (χ0) is 98.2. The molecule has 0 unspecified atom stereocenters. The second-order valence-electron chi connectivity index (χ2n) is 33.7. The third-order valence-corrected chi connectivity index (χ3v) is 21.9. The van der Waals surface area contributed by atoms with Gasteiger partial charge in [-0.05, 0) is 54.3 Å². The van der Waals surface area contributed by atoms with Crippen LogP contribution >= 0.6 is 0 Å². The highest BCUT2D eigenvalue weighted by atomic mass is 16.5. The molecule has 22 aromatic rings. The maximum Gasteiger partial charge on any atom is 0.240 e. The smallest absolute Gasteiger partial charge is 0.240 e. The minimum absolute atomic E-state index is 0.102. The van der Waals surface area contributed by atoms with Gasteiger partial charge in [-0.1, -0.05) is 117 Å². The van der Waals surface area contributed by atoms with Gasteiger partial charge < -0.3 is 76.9 Å². The molecule has 20 aromatic heterocycles. The third-order valence-electron chi connectivity index (χ3n) is 21.9. The Balaban J connectivity index is 0.000000116. The van der Waals surface area contributed by atoms with E-state index in [9.17, 15) is 30.6 Å². The molecule has 52 nitrogen and oxygen atoms in total. The van der Waals surface area contributed by atoms with E-state index < -0.39 is 10.8 Å². The average Bonchev–Trinajstić information content (AvgIpc) is 1.63. The van der Waals surface area contributed by atoms with Gasteiger partial charge in [0.2, 0.25) is 58.5 Å². The predicted molar refractivity (Wildman–Crippen MR) is 487 cm³/mol. The van der Waals surface area contributed by atoms with Crippen LogP contribution in [0.3, 0.4) is 0 Å². The molecule has 0 atom stereocenters. The van der Waals surface area contributed by atoms with Crippen molar-refractivity contribution < 1.29 is 76.9 Å². The van der Waals surface area contributed by atoms with Gasteiger partial charge in [-0.3, -0.25) is 24.0 Å². The lowest BCUT2D eigenvalue weighted by atomic mass is 9.86. The Morgan fingerprint density at radius 2 is 0.688 bits per heavy atom. The van der Waals surface area contributed by atoms with E-state index in [4.69, 9.17) is 46.3 Å². The van der Waals surface area contributed by atoms with Gasteiger partial charge >= 0.3 is 0 Å². The first-order chi connectivity index (χ1) is 68.4. The monoisotopic (exact) mass is 1920 g/mol. The number of hydrogen-bond acceptors (Lipinski definition) is 44. The van der Waals surface area contributed by atoms with Crippen molar-refractivity contribution in [1.82, 2.24) is 179 Å². The van der Waals surface area contributed by atoms with Crippen LogP contribution in [0.15, 0.2) is 188 Å². The summed E-state index contributed by atoms with van der Waals surface area (Å²) < 4.78 is 68.1. The summed E-state index contributed by atoms with van der Waals surface area (Å²) in [7, 11) is 5.35. The summed E-state index contributed by atoms with van der Waals surface area (Å²) in [4.78, 5) is 20.8. The second-order valence-corrected chi connectivity index (χ2v) is 33.7. The molecule has 0 amide bonds. The van der Waals surface area contributed by atoms with Crippen LogP contribution < -0.4 is 23.7 Å². The maximum atomic E-state index is 9.96. The maximum absolute atomic E-state index is 9.96. The first-order valence-electron chi connectivity index (χ1n) is 43.3. The third kappa shape index (κ3) is 19.6. The summed E-state index contributed by atoms with van der Waals surface area (Å²) in [6.45, 7) is 15.4. The molecular formula is C89H88N36O16. The highest BCUT2D eigenvalue weighted by molar-refractivity contribution is 5.98. The van der Waals surface area contributed by atoms with Crippen LogP contribution in [0.25, 0.3) is 107 Å². The lowest BCUT2D eigenvalue weighted by Crippen LogP contribution is -2.23. The quantitative estimate of drug-likeness (QED) is 0.0278. The Hall–Kier alpha value is -17.8. The minimum atomic E-state index is -0.669. The van der Waals surface area contributed by atoms with E-state index in [1.54, 1.807) is 128 Å². The summed E-state index contributed by atoms with van der Waals surface area (Å²) in [5.41, 5.74) is 7.80. The summed E-state index contributed by atoms with van der Waals surface area (Å²) in [6, 6.07) is 32.9. The molecule has 0 radical (unpaired) electrons.